The summed E-state index contributed by atoms with van der Waals surface area (Å²) in [5.74, 6) is -0.308. The van der Waals surface area contributed by atoms with Crippen LogP contribution in [0.3, 0.4) is 0 Å². The van der Waals surface area contributed by atoms with E-state index in [0.717, 1.165) is 29.9 Å². The maximum atomic E-state index is 13.2. The smallest absolute Gasteiger partial charge is 0.124 e. The first-order chi connectivity index (χ1) is 10.0. The lowest BCUT2D eigenvalue weighted by molar-refractivity contribution is 0.507. The summed E-state index contributed by atoms with van der Waals surface area (Å²) >= 11 is 6.14. The fourth-order valence-electron chi connectivity index (χ4n) is 2.48. The summed E-state index contributed by atoms with van der Waals surface area (Å²) in [4.78, 5) is 0. The number of hydrogen-bond acceptors (Lipinski definition) is 2. The first-order valence-corrected chi connectivity index (χ1v) is 7.63. The van der Waals surface area contributed by atoms with Crippen LogP contribution < -0.4 is 5.32 Å². The van der Waals surface area contributed by atoms with Gasteiger partial charge in [0.25, 0.3) is 0 Å². The lowest BCUT2D eigenvalue weighted by atomic mass is 10.0. The Morgan fingerprint density at radius 1 is 1.33 bits per heavy atom. The van der Waals surface area contributed by atoms with Crippen molar-refractivity contribution >= 4 is 11.6 Å². The van der Waals surface area contributed by atoms with Gasteiger partial charge in [-0.05, 0) is 43.1 Å². The van der Waals surface area contributed by atoms with E-state index in [-0.39, 0.29) is 11.9 Å². The summed E-state index contributed by atoms with van der Waals surface area (Å²) in [6.45, 7) is 5.00. The van der Waals surface area contributed by atoms with Gasteiger partial charge in [0.2, 0.25) is 0 Å². The zero-order valence-corrected chi connectivity index (χ0v) is 13.4. The van der Waals surface area contributed by atoms with E-state index in [1.807, 2.05) is 11.7 Å². The van der Waals surface area contributed by atoms with Crippen molar-refractivity contribution in [2.24, 2.45) is 7.05 Å². The Morgan fingerprint density at radius 3 is 2.67 bits per heavy atom. The van der Waals surface area contributed by atoms with Gasteiger partial charge in [0.1, 0.15) is 5.82 Å². The number of nitrogens with zero attached hydrogens (tertiary/aromatic N) is 2. The number of benzene rings is 1. The molecule has 2 rings (SSSR count). The van der Waals surface area contributed by atoms with Gasteiger partial charge >= 0.3 is 0 Å². The molecule has 1 N–H and O–H groups in total. The number of nitrogens with one attached hydrogen (secondary N) is 1. The number of halogens is 2. The van der Waals surface area contributed by atoms with Crippen LogP contribution in [-0.4, -0.2) is 16.3 Å². The zero-order chi connectivity index (χ0) is 15.4. The van der Waals surface area contributed by atoms with Crippen molar-refractivity contribution in [2.45, 2.75) is 32.7 Å². The van der Waals surface area contributed by atoms with Crippen LogP contribution in [0.1, 0.15) is 36.8 Å². The van der Waals surface area contributed by atoms with E-state index < -0.39 is 0 Å². The van der Waals surface area contributed by atoms with Gasteiger partial charge in [-0.1, -0.05) is 31.5 Å². The van der Waals surface area contributed by atoms with E-state index in [1.54, 1.807) is 6.07 Å². The average Bonchev–Trinajstić information content (AvgIpc) is 2.82. The summed E-state index contributed by atoms with van der Waals surface area (Å²) < 4.78 is 15.1. The second-order valence-electron chi connectivity index (χ2n) is 5.09. The van der Waals surface area contributed by atoms with E-state index >= 15 is 0 Å². The Bertz CT molecular complexity index is 610. The summed E-state index contributed by atoms with van der Waals surface area (Å²) in [6, 6.07) is 6.78. The van der Waals surface area contributed by atoms with Crippen LogP contribution >= 0.6 is 11.6 Å². The molecular weight excluding hydrogens is 289 g/mol. The van der Waals surface area contributed by atoms with Gasteiger partial charge in [0.15, 0.2) is 0 Å². The summed E-state index contributed by atoms with van der Waals surface area (Å²) in [5, 5.41) is 8.42. The lowest BCUT2D eigenvalue weighted by Crippen LogP contribution is -2.25. The van der Waals surface area contributed by atoms with Crippen LogP contribution in [0, 0.1) is 5.82 Å². The summed E-state index contributed by atoms with van der Waals surface area (Å²) in [7, 11) is 1.95. The second-order valence-corrected chi connectivity index (χ2v) is 5.50. The van der Waals surface area contributed by atoms with Crippen LogP contribution in [0.2, 0.25) is 5.02 Å². The molecule has 1 unspecified atom stereocenters. The zero-order valence-electron chi connectivity index (χ0n) is 12.7. The largest absolute Gasteiger partial charge is 0.309 e. The molecule has 2 aromatic rings. The minimum absolute atomic E-state index is 0.107. The van der Waals surface area contributed by atoms with Gasteiger partial charge in [-0.2, -0.15) is 5.10 Å². The number of aromatic nitrogens is 2. The van der Waals surface area contributed by atoms with Crippen molar-refractivity contribution < 1.29 is 4.39 Å². The van der Waals surface area contributed by atoms with E-state index in [2.05, 4.69) is 30.3 Å². The predicted octanol–water partition coefficient (Wildman–Crippen LogP) is 3.67. The van der Waals surface area contributed by atoms with Gasteiger partial charge < -0.3 is 5.32 Å². The number of hydrogen-bond donors (Lipinski definition) is 1. The van der Waals surface area contributed by atoms with Gasteiger partial charge in [-0.25, -0.2) is 4.39 Å². The van der Waals surface area contributed by atoms with Gasteiger partial charge in [-0.3, -0.25) is 4.68 Å². The number of aryl methyl sites for hydroxylation is 2. The molecule has 1 aromatic heterocycles. The third-order valence-corrected chi connectivity index (χ3v) is 3.93. The van der Waals surface area contributed by atoms with Crippen LogP contribution in [0.25, 0.3) is 0 Å². The van der Waals surface area contributed by atoms with E-state index in [1.165, 1.54) is 12.1 Å². The molecule has 0 fully saturated rings. The van der Waals surface area contributed by atoms with E-state index in [9.17, 15) is 4.39 Å². The maximum absolute atomic E-state index is 13.2. The minimum atomic E-state index is -0.308. The molecule has 0 radical (unpaired) electrons. The molecule has 0 aliphatic heterocycles. The van der Waals surface area contributed by atoms with Crippen molar-refractivity contribution in [3.63, 3.8) is 0 Å². The quantitative estimate of drug-likeness (QED) is 0.882. The van der Waals surface area contributed by atoms with Crippen LogP contribution in [-0.2, 0) is 19.9 Å². The first kappa shape index (κ1) is 16.0. The summed E-state index contributed by atoms with van der Waals surface area (Å²) in [5.41, 5.74) is 3.12. The predicted molar refractivity (Wildman–Crippen MR) is 84.1 cm³/mol. The number of likely N-dealkylation sites (N-methyl/N-ethyl adjacent to an activating group) is 1. The van der Waals surface area contributed by atoms with Crippen LogP contribution in [0.15, 0.2) is 24.3 Å². The fourth-order valence-corrected chi connectivity index (χ4v) is 2.72. The highest BCUT2D eigenvalue weighted by atomic mass is 35.5. The fraction of sp³-hybridized carbons (Fsp3) is 0.438. The molecule has 1 aromatic carbocycles. The Labute approximate surface area is 130 Å². The van der Waals surface area contributed by atoms with Crippen molar-refractivity contribution in [3.05, 3.63) is 52.1 Å². The van der Waals surface area contributed by atoms with Crippen LogP contribution in [0.5, 0.6) is 0 Å². The third kappa shape index (κ3) is 3.83. The number of rotatable bonds is 6. The molecule has 0 spiro atoms. The van der Waals surface area contributed by atoms with Gasteiger partial charge in [0.05, 0.1) is 17.4 Å². The van der Waals surface area contributed by atoms with E-state index in [0.29, 0.717) is 11.4 Å². The lowest BCUT2D eigenvalue weighted by Gasteiger charge is -2.19. The Kier molecular flexibility index (Phi) is 5.37. The first-order valence-electron chi connectivity index (χ1n) is 7.25. The highest BCUT2D eigenvalue weighted by molar-refractivity contribution is 6.31. The molecule has 0 amide bonds. The molecular formula is C16H21ClFN3. The van der Waals surface area contributed by atoms with Gasteiger partial charge in [0, 0.05) is 12.1 Å². The van der Waals surface area contributed by atoms with E-state index in [4.69, 9.17) is 11.6 Å². The van der Waals surface area contributed by atoms with Crippen LogP contribution in [0.4, 0.5) is 4.39 Å². The molecule has 21 heavy (non-hydrogen) atoms. The van der Waals surface area contributed by atoms with Crippen molar-refractivity contribution in [2.75, 3.05) is 6.54 Å². The van der Waals surface area contributed by atoms with Crippen molar-refractivity contribution in [1.29, 1.82) is 0 Å². The SMILES string of the molecule is CCNC(Cc1ccc(F)cc1Cl)c1cc(CC)nn1C. The topological polar surface area (TPSA) is 29.9 Å². The summed E-state index contributed by atoms with van der Waals surface area (Å²) in [6.07, 6.45) is 1.61. The normalized spacial score (nSPS) is 12.6. The molecule has 114 valence electrons. The molecule has 0 aliphatic rings. The molecule has 0 saturated carbocycles. The highest BCUT2D eigenvalue weighted by Crippen LogP contribution is 2.24. The molecule has 3 nitrogen and oxygen atoms in total. The Morgan fingerprint density at radius 2 is 2.10 bits per heavy atom. The van der Waals surface area contributed by atoms with Crippen molar-refractivity contribution in [3.8, 4) is 0 Å². The molecule has 0 bridgehead atoms. The highest BCUT2D eigenvalue weighted by Gasteiger charge is 2.17. The molecule has 0 aliphatic carbocycles. The minimum Gasteiger partial charge on any atom is -0.309 e. The third-order valence-electron chi connectivity index (χ3n) is 3.58. The molecule has 5 heteroatoms. The molecule has 1 atom stereocenters. The maximum Gasteiger partial charge on any atom is 0.124 e. The average molecular weight is 310 g/mol. The van der Waals surface area contributed by atoms with Gasteiger partial charge in [-0.15, -0.1) is 0 Å². The second kappa shape index (κ2) is 7.05. The monoisotopic (exact) mass is 309 g/mol. The van der Waals surface area contributed by atoms with Crippen molar-refractivity contribution in [1.82, 2.24) is 15.1 Å². The standard InChI is InChI=1S/C16H21ClFN3/c1-4-13-10-16(21(3)20-13)15(19-5-2)8-11-6-7-12(18)9-14(11)17/h6-7,9-10,15,19H,4-5,8H2,1-3H3. The molecule has 0 saturated heterocycles. The molecule has 1 heterocycles. The Balaban J connectivity index is 2.28. The Hall–Kier alpha value is -1.39.